The molecule has 0 atom stereocenters. The van der Waals surface area contributed by atoms with Gasteiger partial charge in [-0.1, -0.05) is 0 Å². The molecule has 0 bridgehead atoms. The third-order valence-corrected chi connectivity index (χ3v) is 1.65. The van der Waals surface area contributed by atoms with Crippen molar-refractivity contribution in [1.29, 1.82) is 26.3 Å². The summed E-state index contributed by atoms with van der Waals surface area (Å²) in [6.07, 6.45) is 0. The third kappa shape index (κ3) is 1.60. The quantitative estimate of drug-likeness (QED) is 0.577. The molecule has 0 amide bonds. The molecule has 0 aliphatic carbocycles. The molecule has 0 aromatic rings. The van der Waals surface area contributed by atoms with Crippen molar-refractivity contribution in [3.05, 3.63) is 0 Å². The van der Waals surface area contributed by atoms with Crippen molar-refractivity contribution in [2.45, 2.75) is 11.6 Å². The van der Waals surface area contributed by atoms with E-state index < -0.39 is 11.6 Å². The van der Waals surface area contributed by atoms with Crippen LogP contribution in [0.1, 0.15) is 0 Å². The molecule has 0 unspecified atom stereocenters. The number of nitriles is 5. The highest BCUT2D eigenvalue weighted by Crippen LogP contribution is 2.13. The SMILES string of the molecule is CN(C(C#N)C#N)C(C#N)(C#N)C#N. The van der Waals surface area contributed by atoms with E-state index >= 15 is 0 Å². The molecule has 66 valence electrons. The average molecular weight is 184 g/mol. The van der Waals surface area contributed by atoms with Gasteiger partial charge in [-0.3, -0.25) is 0 Å². The van der Waals surface area contributed by atoms with Gasteiger partial charge in [-0.25, -0.2) is 4.90 Å². The molecule has 14 heavy (non-hydrogen) atoms. The molecule has 6 heteroatoms. The predicted octanol–water partition coefficient (Wildman–Crippen LogP) is -0.357. The zero-order valence-electron chi connectivity index (χ0n) is 7.26. The van der Waals surface area contributed by atoms with Crippen LogP contribution in [0.25, 0.3) is 0 Å². The van der Waals surface area contributed by atoms with Gasteiger partial charge >= 0.3 is 0 Å². The second kappa shape index (κ2) is 4.44. The summed E-state index contributed by atoms with van der Waals surface area (Å²) in [4.78, 5) is 0.826. The van der Waals surface area contributed by atoms with Crippen LogP contribution in [0.5, 0.6) is 0 Å². The van der Waals surface area contributed by atoms with E-state index in [0.29, 0.717) is 0 Å². The molecule has 0 fully saturated rings. The predicted molar refractivity (Wildman–Crippen MR) is 42.3 cm³/mol. The molecule has 0 aromatic heterocycles. The van der Waals surface area contributed by atoms with Crippen molar-refractivity contribution in [1.82, 2.24) is 4.90 Å². The van der Waals surface area contributed by atoms with Crippen molar-refractivity contribution in [2.75, 3.05) is 7.05 Å². The summed E-state index contributed by atoms with van der Waals surface area (Å²) in [5, 5.41) is 42.9. The van der Waals surface area contributed by atoms with Gasteiger partial charge in [0, 0.05) is 0 Å². The van der Waals surface area contributed by atoms with E-state index in [1.165, 1.54) is 25.3 Å². The Bertz CT molecular complexity index is 367. The van der Waals surface area contributed by atoms with Crippen molar-refractivity contribution < 1.29 is 0 Å². The molecule has 0 heterocycles. The lowest BCUT2D eigenvalue weighted by molar-refractivity contribution is 0.270. The zero-order chi connectivity index (χ0) is 11.2. The lowest BCUT2D eigenvalue weighted by Gasteiger charge is -2.23. The Morgan fingerprint density at radius 1 is 0.929 bits per heavy atom. The van der Waals surface area contributed by atoms with E-state index in [4.69, 9.17) is 26.3 Å². The Morgan fingerprint density at radius 3 is 1.50 bits per heavy atom. The van der Waals surface area contributed by atoms with Crippen molar-refractivity contribution in [3.8, 4) is 30.3 Å². The number of hydrogen-bond donors (Lipinski definition) is 0. The molecule has 0 aliphatic heterocycles. The minimum absolute atomic E-state index is 0.826. The van der Waals surface area contributed by atoms with Crippen molar-refractivity contribution >= 4 is 0 Å². The van der Waals surface area contributed by atoms with Crippen LogP contribution in [0.4, 0.5) is 0 Å². The van der Waals surface area contributed by atoms with E-state index in [9.17, 15) is 0 Å². The number of nitrogens with zero attached hydrogens (tertiary/aromatic N) is 6. The highest BCUT2D eigenvalue weighted by molar-refractivity contribution is 5.36. The van der Waals surface area contributed by atoms with E-state index in [-0.39, 0.29) is 0 Å². The van der Waals surface area contributed by atoms with Crippen LogP contribution in [-0.4, -0.2) is 23.5 Å². The maximum absolute atomic E-state index is 8.63. The number of hydrogen-bond acceptors (Lipinski definition) is 6. The molecule has 0 aromatic carbocycles. The van der Waals surface area contributed by atoms with E-state index in [0.717, 1.165) is 4.90 Å². The average Bonchev–Trinajstić information content (AvgIpc) is 2.23. The molecular weight excluding hydrogens is 180 g/mol. The summed E-state index contributed by atoms with van der Waals surface area (Å²) < 4.78 is 0. The Labute approximate surface area is 81.0 Å². The lowest BCUT2D eigenvalue weighted by Crippen LogP contribution is -2.47. The van der Waals surface area contributed by atoms with Crippen LogP contribution in [0.2, 0.25) is 0 Å². The van der Waals surface area contributed by atoms with Gasteiger partial charge in [-0.2, -0.15) is 26.3 Å². The first kappa shape index (κ1) is 11.4. The van der Waals surface area contributed by atoms with Crippen LogP contribution in [-0.2, 0) is 0 Å². The molecule has 0 saturated carbocycles. The first-order valence-electron chi connectivity index (χ1n) is 3.37. The summed E-state index contributed by atoms with van der Waals surface area (Å²) in [5.74, 6) is 0. The Morgan fingerprint density at radius 2 is 1.29 bits per heavy atom. The Hall–Kier alpha value is -2.59. The van der Waals surface area contributed by atoms with Crippen LogP contribution in [0.15, 0.2) is 0 Å². The van der Waals surface area contributed by atoms with E-state index in [1.54, 1.807) is 12.1 Å². The molecule has 0 spiro atoms. The molecule has 0 N–H and O–H groups in total. The fourth-order valence-corrected chi connectivity index (χ4v) is 0.707. The van der Waals surface area contributed by atoms with Gasteiger partial charge in [0.1, 0.15) is 18.2 Å². The van der Waals surface area contributed by atoms with Crippen LogP contribution in [0.3, 0.4) is 0 Å². The highest BCUT2D eigenvalue weighted by atomic mass is 15.2. The minimum atomic E-state index is -2.09. The monoisotopic (exact) mass is 184 g/mol. The summed E-state index contributed by atoms with van der Waals surface area (Å²) >= 11 is 0. The van der Waals surface area contributed by atoms with Crippen LogP contribution < -0.4 is 0 Å². The van der Waals surface area contributed by atoms with Gasteiger partial charge in [0.15, 0.2) is 6.04 Å². The van der Waals surface area contributed by atoms with Gasteiger partial charge in [-0.15, -0.1) is 0 Å². The molecule has 0 radical (unpaired) electrons. The first-order valence-corrected chi connectivity index (χ1v) is 3.37. The van der Waals surface area contributed by atoms with Gasteiger partial charge in [0.25, 0.3) is 5.54 Å². The third-order valence-electron chi connectivity index (χ3n) is 1.65. The van der Waals surface area contributed by atoms with E-state index in [1.807, 2.05) is 0 Å². The minimum Gasteiger partial charge on any atom is -0.237 e. The normalized spacial score (nSPS) is 9.29. The summed E-state index contributed by atoms with van der Waals surface area (Å²) in [5.41, 5.74) is -2.09. The summed E-state index contributed by atoms with van der Waals surface area (Å²) in [6, 6.07) is 6.24. The Kier molecular flexibility index (Phi) is 3.62. The summed E-state index contributed by atoms with van der Waals surface area (Å²) in [6.45, 7) is 0. The van der Waals surface area contributed by atoms with Gasteiger partial charge in [-0.05, 0) is 7.05 Å². The zero-order valence-corrected chi connectivity index (χ0v) is 7.26. The maximum atomic E-state index is 8.63. The second-order valence-electron chi connectivity index (χ2n) is 2.32. The lowest BCUT2D eigenvalue weighted by atomic mass is 10.0. The fraction of sp³-hybridized carbons (Fsp3) is 0.375. The molecular formula is C8H4N6. The second-order valence-corrected chi connectivity index (χ2v) is 2.32. The highest BCUT2D eigenvalue weighted by Gasteiger charge is 2.39. The Balaban J connectivity index is 5.27. The largest absolute Gasteiger partial charge is 0.284 e. The summed E-state index contributed by atoms with van der Waals surface area (Å²) in [7, 11) is 1.20. The van der Waals surface area contributed by atoms with Crippen molar-refractivity contribution in [2.24, 2.45) is 0 Å². The fourth-order valence-electron chi connectivity index (χ4n) is 0.707. The van der Waals surface area contributed by atoms with Crippen molar-refractivity contribution in [3.63, 3.8) is 0 Å². The van der Waals surface area contributed by atoms with Gasteiger partial charge in [0.05, 0.1) is 12.1 Å². The first-order chi connectivity index (χ1) is 6.61. The molecule has 6 nitrogen and oxygen atoms in total. The molecule has 0 rings (SSSR count). The maximum Gasteiger partial charge on any atom is 0.284 e. The smallest absolute Gasteiger partial charge is 0.237 e. The van der Waals surface area contributed by atoms with Gasteiger partial charge in [0.2, 0.25) is 0 Å². The van der Waals surface area contributed by atoms with Gasteiger partial charge < -0.3 is 0 Å². The van der Waals surface area contributed by atoms with E-state index in [2.05, 4.69) is 0 Å². The number of rotatable bonds is 2. The van der Waals surface area contributed by atoms with Crippen LogP contribution >= 0.6 is 0 Å². The molecule has 0 aliphatic rings. The standard InChI is InChI=1S/C8H4N6/c1-14(7(2-9)3-10)8(4-11,5-12)6-13/h7H,1H3. The van der Waals surface area contributed by atoms with Crippen LogP contribution in [0, 0.1) is 56.7 Å². The molecule has 0 saturated heterocycles. The topological polar surface area (TPSA) is 122 Å².